The third-order valence-electron chi connectivity index (χ3n) is 3.25. The molecular weight excluding hydrogens is 304 g/mol. The Morgan fingerprint density at radius 3 is 2.75 bits per heavy atom. The molecular formula is C17H16N6O. The van der Waals surface area contributed by atoms with E-state index in [0.29, 0.717) is 24.6 Å². The fourth-order valence-electron chi connectivity index (χ4n) is 2.04. The van der Waals surface area contributed by atoms with Crippen LogP contribution in [0, 0.1) is 0 Å². The second kappa shape index (κ2) is 7.77. The molecule has 0 aromatic carbocycles. The largest absolute Gasteiger partial charge is 0.364 e. The van der Waals surface area contributed by atoms with Crippen LogP contribution in [0.15, 0.2) is 61.3 Å². The van der Waals surface area contributed by atoms with E-state index in [9.17, 15) is 4.79 Å². The molecule has 0 atom stereocenters. The van der Waals surface area contributed by atoms with Crippen LogP contribution in [0.4, 0.5) is 5.82 Å². The Balaban J connectivity index is 1.59. The standard InChI is InChI=1S/C17H16N6O/c24-17(21-10-13-4-3-6-18-9-13)15-8-16(23-12-22-15)20-11-14-5-1-2-7-19-14/h1-9,12H,10-11H2,(H,21,24)(H,20,22,23). The number of aromatic nitrogens is 4. The van der Waals surface area contributed by atoms with Crippen molar-refractivity contribution in [3.05, 3.63) is 78.3 Å². The summed E-state index contributed by atoms with van der Waals surface area (Å²) in [6.45, 7) is 0.919. The fraction of sp³-hybridized carbons (Fsp3) is 0.118. The van der Waals surface area contributed by atoms with Crippen molar-refractivity contribution in [2.75, 3.05) is 5.32 Å². The molecule has 0 aliphatic heterocycles. The highest BCUT2D eigenvalue weighted by Crippen LogP contribution is 2.06. The van der Waals surface area contributed by atoms with Crippen molar-refractivity contribution >= 4 is 11.7 Å². The minimum absolute atomic E-state index is 0.262. The maximum Gasteiger partial charge on any atom is 0.270 e. The second-order valence-electron chi connectivity index (χ2n) is 5.01. The first kappa shape index (κ1) is 15.5. The van der Waals surface area contributed by atoms with E-state index in [-0.39, 0.29) is 5.91 Å². The summed E-state index contributed by atoms with van der Waals surface area (Å²) >= 11 is 0. The molecule has 0 aliphatic carbocycles. The molecule has 0 saturated carbocycles. The summed E-state index contributed by atoms with van der Waals surface area (Å²) in [6, 6.07) is 11.0. The molecule has 7 heteroatoms. The van der Waals surface area contributed by atoms with E-state index in [1.807, 2.05) is 30.3 Å². The number of carbonyl (C=O) groups excluding carboxylic acids is 1. The van der Waals surface area contributed by atoms with Gasteiger partial charge in [0.2, 0.25) is 0 Å². The molecule has 0 saturated heterocycles. The maximum atomic E-state index is 12.2. The van der Waals surface area contributed by atoms with Crippen LogP contribution in [-0.4, -0.2) is 25.8 Å². The van der Waals surface area contributed by atoms with Gasteiger partial charge < -0.3 is 10.6 Å². The minimum atomic E-state index is -0.262. The van der Waals surface area contributed by atoms with E-state index in [1.54, 1.807) is 24.7 Å². The molecule has 3 rings (SSSR count). The third-order valence-corrected chi connectivity index (χ3v) is 3.25. The van der Waals surface area contributed by atoms with Crippen LogP contribution < -0.4 is 10.6 Å². The van der Waals surface area contributed by atoms with Gasteiger partial charge in [-0.3, -0.25) is 14.8 Å². The zero-order chi connectivity index (χ0) is 16.6. The molecule has 0 aliphatic rings. The highest BCUT2D eigenvalue weighted by atomic mass is 16.1. The van der Waals surface area contributed by atoms with Gasteiger partial charge in [0, 0.05) is 31.2 Å². The number of carbonyl (C=O) groups is 1. The Kier molecular flexibility index (Phi) is 5.03. The van der Waals surface area contributed by atoms with E-state index < -0.39 is 0 Å². The van der Waals surface area contributed by atoms with E-state index >= 15 is 0 Å². The quantitative estimate of drug-likeness (QED) is 0.719. The number of amides is 1. The molecule has 0 radical (unpaired) electrons. The lowest BCUT2D eigenvalue weighted by molar-refractivity contribution is 0.0945. The first-order valence-electron chi connectivity index (χ1n) is 7.44. The Morgan fingerprint density at radius 1 is 1.00 bits per heavy atom. The van der Waals surface area contributed by atoms with Crippen molar-refractivity contribution in [1.29, 1.82) is 0 Å². The van der Waals surface area contributed by atoms with Gasteiger partial charge in [0.1, 0.15) is 17.8 Å². The van der Waals surface area contributed by atoms with Crippen molar-refractivity contribution in [2.45, 2.75) is 13.1 Å². The van der Waals surface area contributed by atoms with Crippen LogP contribution in [0.1, 0.15) is 21.7 Å². The van der Waals surface area contributed by atoms with Gasteiger partial charge in [-0.1, -0.05) is 12.1 Å². The zero-order valence-corrected chi connectivity index (χ0v) is 12.9. The average molecular weight is 320 g/mol. The van der Waals surface area contributed by atoms with E-state index in [1.165, 1.54) is 6.33 Å². The molecule has 2 N–H and O–H groups in total. The summed E-state index contributed by atoms with van der Waals surface area (Å²) in [4.78, 5) is 28.5. The van der Waals surface area contributed by atoms with Crippen molar-refractivity contribution in [1.82, 2.24) is 25.3 Å². The smallest absolute Gasteiger partial charge is 0.270 e. The Morgan fingerprint density at radius 2 is 1.96 bits per heavy atom. The molecule has 3 aromatic heterocycles. The van der Waals surface area contributed by atoms with Gasteiger partial charge in [-0.2, -0.15) is 0 Å². The Labute approximate surface area is 139 Å². The lowest BCUT2D eigenvalue weighted by Gasteiger charge is -2.07. The summed E-state index contributed by atoms with van der Waals surface area (Å²) in [5, 5.41) is 5.93. The van der Waals surface area contributed by atoms with E-state index in [2.05, 4.69) is 30.6 Å². The normalized spacial score (nSPS) is 10.2. The van der Waals surface area contributed by atoms with Crippen LogP contribution in [0.2, 0.25) is 0 Å². The van der Waals surface area contributed by atoms with Gasteiger partial charge in [0.25, 0.3) is 5.91 Å². The molecule has 0 fully saturated rings. The van der Waals surface area contributed by atoms with Crippen LogP contribution in [0.3, 0.4) is 0 Å². The van der Waals surface area contributed by atoms with Crippen molar-refractivity contribution in [3.63, 3.8) is 0 Å². The van der Waals surface area contributed by atoms with Crippen molar-refractivity contribution in [2.24, 2.45) is 0 Å². The number of nitrogens with one attached hydrogen (secondary N) is 2. The summed E-state index contributed by atoms with van der Waals surface area (Å²) in [5.41, 5.74) is 2.12. The van der Waals surface area contributed by atoms with Crippen molar-refractivity contribution in [3.8, 4) is 0 Å². The fourth-order valence-corrected chi connectivity index (χ4v) is 2.04. The summed E-state index contributed by atoms with van der Waals surface area (Å²) in [5.74, 6) is 0.310. The minimum Gasteiger partial charge on any atom is -0.364 e. The zero-order valence-electron chi connectivity index (χ0n) is 12.9. The average Bonchev–Trinajstić information content (AvgIpc) is 2.66. The van der Waals surface area contributed by atoms with Gasteiger partial charge in [0.15, 0.2) is 0 Å². The molecule has 3 heterocycles. The van der Waals surface area contributed by atoms with Gasteiger partial charge in [-0.05, 0) is 23.8 Å². The molecule has 3 aromatic rings. The van der Waals surface area contributed by atoms with Crippen molar-refractivity contribution < 1.29 is 4.79 Å². The number of hydrogen-bond donors (Lipinski definition) is 2. The molecule has 24 heavy (non-hydrogen) atoms. The summed E-state index contributed by atoms with van der Waals surface area (Å²) in [6.07, 6.45) is 6.49. The summed E-state index contributed by atoms with van der Waals surface area (Å²) in [7, 11) is 0. The molecule has 0 bridgehead atoms. The molecule has 0 spiro atoms. The number of anilines is 1. The molecule has 1 amide bonds. The Bertz CT molecular complexity index is 794. The SMILES string of the molecule is O=C(NCc1cccnc1)c1cc(NCc2ccccn2)ncn1. The number of rotatable bonds is 6. The van der Waals surface area contributed by atoms with Gasteiger partial charge in [0.05, 0.1) is 12.2 Å². The molecule has 120 valence electrons. The third kappa shape index (κ3) is 4.33. The number of hydrogen-bond acceptors (Lipinski definition) is 6. The van der Waals surface area contributed by atoms with E-state index in [4.69, 9.17) is 0 Å². The van der Waals surface area contributed by atoms with Gasteiger partial charge >= 0.3 is 0 Å². The highest BCUT2D eigenvalue weighted by Gasteiger charge is 2.08. The van der Waals surface area contributed by atoms with Crippen LogP contribution >= 0.6 is 0 Å². The van der Waals surface area contributed by atoms with Crippen LogP contribution in [-0.2, 0) is 13.1 Å². The van der Waals surface area contributed by atoms with E-state index in [0.717, 1.165) is 11.3 Å². The van der Waals surface area contributed by atoms with Gasteiger partial charge in [-0.15, -0.1) is 0 Å². The van der Waals surface area contributed by atoms with Crippen LogP contribution in [0.5, 0.6) is 0 Å². The Hall–Kier alpha value is -3.35. The molecule has 7 nitrogen and oxygen atoms in total. The first-order chi connectivity index (χ1) is 11.8. The lowest BCUT2D eigenvalue weighted by Crippen LogP contribution is -2.24. The number of pyridine rings is 2. The van der Waals surface area contributed by atoms with Crippen LogP contribution in [0.25, 0.3) is 0 Å². The second-order valence-corrected chi connectivity index (χ2v) is 5.01. The first-order valence-corrected chi connectivity index (χ1v) is 7.44. The maximum absolute atomic E-state index is 12.2. The molecule has 0 unspecified atom stereocenters. The predicted octanol–water partition coefficient (Wildman–Crippen LogP) is 1.81. The number of nitrogens with zero attached hydrogens (tertiary/aromatic N) is 4. The topological polar surface area (TPSA) is 92.7 Å². The summed E-state index contributed by atoms with van der Waals surface area (Å²) < 4.78 is 0. The predicted molar refractivity (Wildman–Crippen MR) is 89.0 cm³/mol. The van der Waals surface area contributed by atoms with Gasteiger partial charge in [-0.25, -0.2) is 9.97 Å². The lowest BCUT2D eigenvalue weighted by atomic mass is 10.3. The monoisotopic (exact) mass is 320 g/mol. The highest BCUT2D eigenvalue weighted by molar-refractivity contribution is 5.92.